The van der Waals surface area contributed by atoms with Crippen LogP contribution in [-0.4, -0.2) is 42.1 Å². The van der Waals surface area contributed by atoms with Crippen LogP contribution in [0.15, 0.2) is 21.3 Å². The third-order valence-corrected chi connectivity index (χ3v) is 6.06. The van der Waals surface area contributed by atoms with Crippen LogP contribution in [0, 0.1) is 0 Å². The zero-order valence-electron chi connectivity index (χ0n) is 15.5. The van der Waals surface area contributed by atoms with Gasteiger partial charge in [-0.05, 0) is 49.8 Å². The third-order valence-electron chi connectivity index (χ3n) is 6.06. The number of aryl methyl sites for hydroxylation is 1. The van der Waals surface area contributed by atoms with Crippen LogP contribution < -0.4 is 10.4 Å². The van der Waals surface area contributed by atoms with Gasteiger partial charge in [0.25, 0.3) is 0 Å². The highest BCUT2D eigenvalue weighted by atomic mass is 16.5. The van der Waals surface area contributed by atoms with Gasteiger partial charge in [0.15, 0.2) is 0 Å². The standard InChI is InChI=1S/C21H24N2O4/c24-19-6-2-10-23(19)11-3-9-22-12-17-18(26-13-22)8-7-15-14-4-1-5-16(14)21(25)27-20(15)17/h7-8H,1-6,9-13H2. The summed E-state index contributed by atoms with van der Waals surface area (Å²) in [6.07, 6.45) is 5.39. The summed E-state index contributed by atoms with van der Waals surface area (Å²) >= 11 is 0. The molecule has 1 aromatic carbocycles. The van der Waals surface area contributed by atoms with E-state index in [2.05, 4.69) is 4.90 Å². The highest BCUT2D eigenvalue weighted by Gasteiger charge is 2.26. The Hall–Kier alpha value is -2.34. The molecule has 0 bridgehead atoms. The van der Waals surface area contributed by atoms with Gasteiger partial charge in [0.1, 0.15) is 18.1 Å². The molecule has 2 aromatic rings. The van der Waals surface area contributed by atoms with Gasteiger partial charge in [-0.1, -0.05) is 0 Å². The number of nitrogens with zero attached hydrogens (tertiary/aromatic N) is 2. The lowest BCUT2D eigenvalue weighted by Gasteiger charge is -2.30. The Labute approximate surface area is 157 Å². The molecule has 1 fully saturated rings. The lowest BCUT2D eigenvalue weighted by Crippen LogP contribution is -2.35. The van der Waals surface area contributed by atoms with E-state index in [0.29, 0.717) is 25.3 Å². The number of likely N-dealkylation sites (tertiary alicyclic amines) is 1. The minimum atomic E-state index is -0.187. The van der Waals surface area contributed by atoms with E-state index in [1.54, 1.807) is 0 Å². The highest BCUT2D eigenvalue weighted by Crippen LogP contribution is 2.35. The second-order valence-electron chi connectivity index (χ2n) is 7.78. The van der Waals surface area contributed by atoms with Gasteiger partial charge >= 0.3 is 5.63 Å². The Morgan fingerprint density at radius 1 is 0.963 bits per heavy atom. The molecule has 0 spiro atoms. The van der Waals surface area contributed by atoms with Gasteiger partial charge < -0.3 is 14.1 Å². The van der Waals surface area contributed by atoms with E-state index < -0.39 is 0 Å². The minimum Gasteiger partial charge on any atom is -0.478 e. The SMILES string of the molecule is O=C1CCCN1CCCN1COc2ccc3c4c(c(=O)oc3c2C1)CCC4. The molecule has 0 atom stereocenters. The molecule has 6 nitrogen and oxygen atoms in total. The van der Waals surface area contributed by atoms with Gasteiger partial charge in [-0.3, -0.25) is 9.69 Å². The molecule has 1 saturated heterocycles. The van der Waals surface area contributed by atoms with Crippen LogP contribution in [0.5, 0.6) is 5.75 Å². The van der Waals surface area contributed by atoms with Crippen LogP contribution in [0.4, 0.5) is 0 Å². The van der Waals surface area contributed by atoms with Crippen molar-refractivity contribution in [1.82, 2.24) is 9.80 Å². The first-order valence-electron chi connectivity index (χ1n) is 9.94. The second kappa shape index (κ2) is 6.68. The number of hydrogen-bond donors (Lipinski definition) is 0. The number of carbonyl (C=O) groups excluding carboxylic acids is 1. The number of rotatable bonds is 4. The first-order valence-corrected chi connectivity index (χ1v) is 9.94. The average Bonchev–Trinajstić information content (AvgIpc) is 3.32. The van der Waals surface area contributed by atoms with Gasteiger partial charge in [0.2, 0.25) is 5.91 Å². The molecule has 5 rings (SSSR count). The molecule has 1 aromatic heterocycles. The van der Waals surface area contributed by atoms with E-state index in [1.807, 2.05) is 17.0 Å². The number of benzene rings is 1. The summed E-state index contributed by atoms with van der Waals surface area (Å²) in [6, 6.07) is 4.05. The first-order chi connectivity index (χ1) is 13.2. The minimum absolute atomic E-state index is 0.187. The van der Waals surface area contributed by atoms with Crippen molar-refractivity contribution in [1.29, 1.82) is 0 Å². The van der Waals surface area contributed by atoms with Crippen LogP contribution in [0.25, 0.3) is 11.0 Å². The number of hydrogen-bond acceptors (Lipinski definition) is 5. The van der Waals surface area contributed by atoms with Gasteiger partial charge in [-0.15, -0.1) is 0 Å². The number of fused-ring (bicyclic) bond motifs is 5. The monoisotopic (exact) mass is 368 g/mol. The van der Waals surface area contributed by atoms with Crippen molar-refractivity contribution in [2.75, 3.05) is 26.4 Å². The quantitative estimate of drug-likeness (QED) is 0.776. The molecule has 1 aliphatic carbocycles. The summed E-state index contributed by atoms with van der Waals surface area (Å²) in [6.45, 7) is 3.79. The molecule has 3 aliphatic rings. The van der Waals surface area contributed by atoms with Crippen molar-refractivity contribution >= 4 is 16.9 Å². The van der Waals surface area contributed by atoms with Crippen molar-refractivity contribution in [2.24, 2.45) is 0 Å². The highest BCUT2D eigenvalue weighted by molar-refractivity contribution is 5.86. The Morgan fingerprint density at radius 3 is 2.70 bits per heavy atom. The molecule has 0 saturated carbocycles. The topological polar surface area (TPSA) is 63.0 Å². The Balaban J connectivity index is 1.36. The van der Waals surface area contributed by atoms with Crippen molar-refractivity contribution in [3.63, 3.8) is 0 Å². The van der Waals surface area contributed by atoms with Crippen molar-refractivity contribution < 1.29 is 13.9 Å². The van der Waals surface area contributed by atoms with Gasteiger partial charge in [0.05, 0.1) is 5.56 Å². The maximum absolute atomic E-state index is 12.4. The summed E-state index contributed by atoms with van der Waals surface area (Å²) in [5.74, 6) is 1.09. The summed E-state index contributed by atoms with van der Waals surface area (Å²) in [5.41, 5.74) is 3.49. The molecule has 142 valence electrons. The van der Waals surface area contributed by atoms with E-state index in [-0.39, 0.29) is 11.5 Å². The summed E-state index contributed by atoms with van der Waals surface area (Å²) in [5, 5.41) is 1.06. The van der Waals surface area contributed by atoms with E-state index in [0.717, 1.165) is 79.6 Å². The fourth-order valence-corrected chi connectivity index (χ4v) is 4.67. The lowest BCUT2D eigenvalue weighted by atomic mass is 10.0. The molecule has 27 heavy (non-hydrogen) atoms. The molecule has 1 amide bonds. The summed E-state index contributed by atoms with van der Waals surface area (Å²) in [7, 11) is 0. The third kappa shape index (κ3) is 2.92. The van der Waals surface area contributed by atoms with E-state index in [9.17, 15) is 9.59 Å². The Bertz CT molecular complexity index is 965. The van der Waals surface area contributed by atoms with Gasteiger partial charge in [-0.25, -0.2) is 4.79 Å². The maximum atomic E-state index is 12.4. The largest absolute Gasteiger partial charge is 0.478 e. The zero-order valence-corrected chi connectivity index (χ0v) is 15.5. The van der Waals surface area contributed by atoms with Crippen molar-refractivity contribution in [2.45, 2.75) is 45.1 Å². The maximum Gasteiger partial charge on any atom is 0.339 e. The van der Waals surface area contributed by atoms with E-state index >= 15 is 0 Å². The second-order valence-corrected chi connectivity index (χ2v) is 7.78. The molecule has 0 radical (unpaired) electrons. The smallest absolute Gasteiger partial charge is 0.339 e. The number of amides is 1. The first kappa shape index (κ1) is 16.8. The summed E-state index contributed by atoms with van der Waals surface area (Å²) in [4.78, 5) is 28.3. The van der Waals surface area contributed by atoms with Crippen LogP contribution in [0.2, 0.25) is 0 Å². The molecular weight excluding hydrogens is 344 g/mol. The van der Waals surface area contributed by atoms with E-state index in [1.165, 1.54) is 0 Å². The molecule has 3 heterocycles. The molecular formula is C21H24N2O4. The van der Waals surface area contributed by atoms with Gasteiger partial charge in [-0.2, -0.15) is 0 Å². The molecule has 0 unspecified atom stereocenters. The van der Waals surface area contributed by atoms with Crippen LogP contribution in [-0.2, 0) is 24.2 Å². The van der Waals surface area contributed by atoms with E-state index in [4.69, 9.17) is 9.15 Å². The Kier molecular flexibility index (Phi) is 4.16. The summed E-state index contributed by atoms with van der Waals surface area (Å²) < 4.78 is 11.7. The molecule has 2 aliphatic heterocycles. The molecule has 0 N–H and O–H groups in total. The lowest BCUT2D eigenvalue weighted by molar-refractivity contribution is -0.127. The van der Waals surface area contributed by atoms with Crippen LogP contribution >= 0.6 is 0 Å². The molecule has 6 heteroatoms. The predicted molar refractivity (Wildman–Crippen MR) is 101 cm³/mol. The average molecular weight is 368 g/mol. The van der Waals surface area contributed by atoms with Crippen molar-refractivity contribution in [3.05, 3.63) is 39.2 Å². The number of carbonyl (C=O) groups is 1. The Morgan fingerprint density at radius 2 is 1.85 bits per heavy atom. The predicted octanol–water partition coefficient (Wildman–Crippen LogP) is 2.45. The van der Waals surface area contributed by atoms with Crippen molar-refractivity contribution in [3.8, 4) is 5.75 Å². The van der Waals surface area contributed by atoms with Crippen LogP contribution in [0.1, 0.15) is 42.4 Å². The zero-order chi connectivity index (χ0) is 18.4. The normalized spacial score (nSPS) is 19.4. The fourth-order valence-electron chi connectivity index (χ4n) is 4.67. The van der Waals surface area contributed by atoms with Gasteiger partial charge in [0, 0.05) is 43.5 Å². The number of ether oxygens (including phenoxy) is 1. The van der Waals surface area contributed by atoms with Crippen LogP contribution in [0.3, 0.4) is 0 Å². The fraction of sp³-hybridized carbons (Fsp3) is 0.524.